The third kappa shape index (κ3) is 2.42. The molecule has 1 aromatic rings. The summed E-state index contributed by atoms with van der Waals surface area (Å²) in [6.07, 6.45) is 0.748. The van der Waals surface area contributed by atoms with Crippen molar-refractivity contribution in [2.45, 2.75) is 12.5 Å². The lowest BCUT2D eigenvalue weighted by Gasteiger charge is -2.17. The van der Waals surface area contributed by atoms with E-state index in [1.165, 1.54) is 0 Å². The number of nitrogens with one attached hydrogen (secondary N) is 1. The summed E-state index contributed by atoms with van der Waals surface area (Å²) in [5, 5.41) is 12.2. The predicted molar refractivity (Wildman–Crippen MR) is 64.0 cm³/mol. The highest BCUT2D eigenvalue weighted by atomic mass is 16.5. The first-order valence-corrected chi connectivity index (χ1v) is 5.71. The zero-order valence-corrected chi connectivity index (χ0v) is 10.0. The first-order chi connectivity index (χ1) is 8.17. The van der Waals surface area contributed by atoms with Crippen LogP contribution in [0.2, 0.25) is 0 Å². The first-order valence-electron chi connectivity index (χ1n) is 5.71. The maximum atomic E-state index is 10.9. The number of methoxy groups -OCH3 is 1. The summed E-state index contributed by atoms with van der Waals surface area (Å²) >= 11 is 0. The molecule has 0 amide bonds. The molecule has 0 bridgehead atoms. The van der Waals surface area contributed by atoms with Crippen LogP contribution in [-0.4, -0.2) is 25.2 Å². The van der Waals surface area contributed by atoms with Crippen LogP contribution in [0.25, 0.3) is 0 Å². The second kappa shape index (κ2) is 4.75. The highest BCUT2D eigenvalue weighted by Crippen LogP contribution is 2.47. The Morgan fingerprint density at radius 3 is 2.88 bits per heavy atom. The van der Waals surface area contributed by atoms with Crippen LogP contribution < -0.4 is 10.1 Å². The number of benzene rings is 1. The molecule has 4 heteroatoms. The average Bonchev–Trinajstić information content (AvgIpc) is 3.11. The molecule has 92 valence electrons. The summed E-state index contributed by atoms with van der Waals surface area (Å²) in [4.78, 5) is 10.9. The van der Waals surface area contributed by atoms with Crippen LogP contribution in [0, 0.1) is 11.8 Å². The molecule has 3 atom stereocenters. The summed E-state index contributed by atoms with van der Waals surface area (Å²) in [5.41, 5.74) is 1.08. The Morgan fingerprint density at radius 1 is 1.59 bits per heavy atom. The van der Waals surface area contributed by atoms with E-state index in [1.807, 2.05) is 31.3 Å². The fourth-order valence-electron chi connectivity index (χ4n) is 2.33. The van der Waals surface area contributed by atoms with Crippen LogP contribution in [0.5, 0.6) is 5.75 Å². The van der Waals surface area contributed by atoms with Gasteiger partial charge in [0.2, 0.25) is 0 Å². The van der Waals surface area contributed by atoms with E-state index < -0.39 is 5.97 Å². The maximum Gasteiger partial charge on any atom is 0.306 e. The molecule has 17 heavy (non-hydrogen) atoms. The van der Waals surface area contributed by atoms with Crippen LogP contribution in [0.15, 0.2) is 24.3 Å². The molecule has 1 fully saturated rings. The lowest BCUT2D eigenvalue weighted by atomic mass is 10.0. The second-order valence-electron chi connectivity index (χ2n) is 4.39. The Morgan fingerprint density at radius 2 is 2.35 bits per heavy atom. The molecule has 0 spiro atoms. The van der Waals surface area contributed by atoms with E-state index in [0.717, 1.165) is 17.7 Å². The van der Waals surface area contributed by atoms with Gasteiger partial charge >= 0.3 is 5.97 Å². The lowest BCUT2D eigenvalue weighted by molar-refractivity contribution is -0.138. The number of hydrogen-bond donors (Lipinski definition) is 2. The number of carbonyl (C=O) groups is 1. The molecule has 3 unspecified atom stereocenters. The van der Waals surface area contributed by atoms with Crippen molar-refractivity contribution >= 4 is 5.97 Å². The van der Waals surface area contributed by atoms with Crippen LogP contribution in [-0.2, 0) is 4.79 Å². The highest BCUT2D eigenvalue weighted by Gasteiger charge is 2.47. The largest absolute Gasteiger partial charge is 0.497 e. The van der Waals surface area contributed by atoms with Gasteiger partial charge in [0.05, 0.1) is 13.0 Å². The van der Waals surface area contributed by atoms with Gasteiger partial charge in [-0.1, -0.05) is 12.1 Å². The van der Waals surface area contributed by atoms with Crippen molar-refractivity contribution in [1.82, 2.24) is 5.32 Å². The van der Waals surface area contributed by atoms with Gasteiger partial charge in [0.25, 0.3) is 0 Å². The van der Waals surface area contributed by atoms with Crippen molar-refractivity contribution in [2.24, 2.45) is 11.8 Å². The molecule has 0 aliphatic heterocycles. The van der Waals surface area contributed by atoms with Gasteiger partial charge in [-0.25, -0.2) is 0 Å². The lowest BCUT2D eigenvalue weighted by Crippen LogP contribution is -2.20. The van der Waals surface area contributed by atoms with Crippen molar-refractivity contribution in [3.63, 3.8) is 0 Å². The van der Waals surface area contributed by atoms with Gasteiger partial charge in [0.1, 0.15) is 5.75 Å². The van der Waals surface area contributed by atoms with E-state index in [9.17, 15) is 4.79 Å². The van der Waals surface area contributed by atoms with E-state index in [4.69, 9.17) is 9.84 Å². The first kappa shape index (κ1) is 11.9. The Bertz CT molecular complexity index is 419. The number of rotatable bonds is 5. The second-order valence-corrected chi connectivity index (χ2v) is 4.39. The van der Waals surface area contributed by atoms with Crippen molar-refractivity contribution < 1.29 is 14.6 Å². The summed E-state index contributed by atoms with van der Waals surface area (Å²) in [6.45, 7) is 0. The molecule has 0 heterocycles. The van der Waals surface area contributed by atoms with Gasteiger partial charge in [0.15, 0.2) is 0 Å². The van der Waals surface area contributed by atoms with Crippen molar-refractivity contribution in [1.29, 1.82) is 0 Å². The Kier molecular flexibility index (Phi) is 3.33. The topological polar surface area (TPSA) is 58.6 Å². The molecule has 1 aliphatic carbocycles. The van der Waals surface area contributed by atoms with Gasteiger partial charge in [-0.15, -0.1) is 0 Å². The Balaban J connectivity index is 2.16. The number of hydrogen-bond acceptors (Lipinski definition) is 3. The zero-order valence-electron chi connectivity index (χ0n) is 10.0. The van der Waals surface area contributed by atoms with Gasteiger partial charge in [-0.3, -0.25) is 4.79 Å². The van der Waals surface area contributed by atoms with Gasteiger partial charge in [0, 0.05) is 6.04 Å². The monoisotopic (exact) mass is 235 g/mol. The minimum atomic E-state index is -0.696. The van der Waals surface area contributed by atoms with Crippen molar-refractivity contribution in [3.05, 3.63) is 29.8 Å². The number of ether oxygens (including phenoxy) is 1. The minimum absolute atomic E-state index is 0.0891. The molecule has 2 rings (SSSR count). The molecule has 1 aromatic carbocycles. The normalized spacial score (nSPS) is 24.1. The van der Waals surface area contributed by atoms with Gasteiger partial charge in [-0.2, -0.15) is 0 Å². The van der Waals surface area contributed by atoms with E-state index in [0.29, 0.717) is 0 Å². The fraction of sp³-hybridized carbons (Fsp3) is 0.462. The smallest absolute Gasteiger partial charge is 0.306 e. The number of carboxylic acid groups (broad SMARTS) is 1. The molecular formula is C13H17NO3. The zero-order chi connectivity index (χ0) is 12.4. The number of aliphatic carboxylic acids is 1. The van der Waals surface area contributed by atoms with Crippen LogP contribution in [0.3, 0.4) is 0 Å². The van der Waals surface area contributed by atoms with Crippen LogP contribution in [0.1, 0.15) is 18.0 Å². The van der Waals surface area contributed by atoms with E-state index in [-0.39, 0.29) is 17.9 Å². The highest BCUT2D eigenvalue weighted by molar-refractivity contribution is 5.73. The molecule has 2 N–H and O–H groups in total. The fourth-order valence-corrected chi connectivity index (χ4v) is 2.33. The maximum absolute atomic E-state index is 10.9. The van der Waals surface area contributed by atoms with E-state index >= 15 is 0 Å². The van der Waals surface area contributed by atoms with Crippen molar-refractivity contribution in [3.8, 4) is 5.75 Å². The summed E-state index contributed by atoms with van der Waals surface area (Å²) in [6, 6.07) is 7.86. The molecular weight excluding hydrogens is 218 g/mol. The SMILES string of the molecule is CNC(c1cccc(OC)c1)C1CC1C(=O)O. The average molecular weight is 235 g/mol. The predicted octanol–water partition coefficient (Wildman–Crippen LogP) is 1.68. The van der Waals surface area contributed by atoms with Crippen molar-refractivity contribution in [2.75, 3.05) is 14.2 Å². The molecule has 1 aliphatic rings. The molecule has 0 radical (unpaired) electrons. The number of carboxylic acids is 1. The van der Waals surface area contributed by atoms with Gasteiger partial charge in [-0.05, 0) is 37.1 Å². The quantitative estimate of drug-likeness (QED) is 0.815. The minimum Gasteiger partial charge on any atom is -0.497 e. The standard InChI is InChI=1S/C13H17NO3/c1-14-12(10-7-11(10)13(15)16)8-4-3-5-9(6-8)17-2/h3-6,10-12,14H,7H2,1-2H3,(H,15,16). The van der Waals surface area contributed by atoms with E-state index in [1.54, 1.807) is 7.11 Å². The van der Waals surface area contributed by atoms with Gasteiger partial charge < -0.3 is 15.2 Å². The molecule has 4 nitrogen and oxygen atoms in total. The van der Waals surface area contributed by atoms with Crippen LogP contribution >= 0.6 is 0 Å². The Labute approximate surface area is 101 Å². The summed E-state index contributed by atoms with van der Waals surface area (Å²) < 4.78 is 5.18. The third-order valence-corrected chi connectivity index (χ3v) is 3.35. The Hall–Kier alpha value is -1.55. The van der Waals surface area contributed by atoms with Crippen LogP contribution in [0.4, 0.5) is 0 Å². The summed E-state index contributed by atoms with van der Waals surface area (Å²) in [5.74, 6) is 0.0803. The summed E-state index contributed by atoms with van der Waals surface area (Å²) in [7, 11) is 3.49. The molecule has 1 saturated carbocycles. The van der Waals surface area contributed by atoms with E-state index in [2.05, 4.69) is 5.32 Å². The molecule has 0 saturated heterocycles. The third-order valence-electron chi connectivity index (χ3n) is 3.35. The molecule has 0 aromatic heterocycles.